The maximum Gasteiger partial charge on any atom is 0.309 e. The number of carbonyl (C=O) groups is 2. The van der Waals surface area contributed by atoms with E-state index in [1.807, 2.05) is 25.7 Å². The lowest BCUT2D eigenvalue weighted by Crippen LogP contribution is -2.47. The summed E-state index contributed by atoms with van der Waals surface area (Å²) >= 11 is 0. The molecular formula is C22H39N3O3. The number of amides is 1. The summed E-state index contributed by atoms with van der Waals surface area (Å²) in [7, 11) is 0. The van der Waals surface area contributed by atoms with E-state index < -0.39 is 5.60 Å². The Kier molecular flexibility index (Phi) is 7.37. The van der Waals surface area contributed by atoms with E-state index in [4.69, 9.17) is 4.74 Å². The second kappa shape index (κ2) is 9.57. The summed E-state index contributed by atoms with van der Waals surface area (Å²) in [5, 5.41) is 3.43. The van der Waals surface area contributed by atoms with Crippen molar-refractivity contribution >= 4 is 11.9 Å². The molecule has 3 rings (SSSR count). The zero-order chi connectivity index (χ0) is 20.1. The van der Waals surface area contributed by atoms with Gasteiger partial charge in [-0.3, -0.25) is 9.59 Å². The molecule has 0 aromatic rings. The number of rotatable bonds is 4. The first-order chi connectivity index (χ1) is 13.3. The van der Waals surface area contributed by atoms with Gasteiger partial charge in [-0.2, -0.15) is 0 Å². The van der Waals surface area contributed by atoms with Gasteiger partial charge in [0, 0.05) is 25.6 Å². The summed E-state index contributed by atoms with van der Waals surface area (Å²) in [6.45, 7) is 12.7. The van der Waals surface area contributed by atoms with Crippen LogP contribution in [0.2, 0.25) is 0 Å². The molecule has 6 heteroatoms. The molecule has 0 aromatic carbocycles. The number of likely N-dealkylation sites (tertiary alicyclic amines) is 2. The molecule has 3 aliphatic rings. The maximum absolute atomic E-state index is 12.9. The van der Waals surface area contributed by atoms with Crippen LogP contribution in [0.5, 0.6) is 0 Å². The fraction of sp³-hybridized carbons (Fsp3) is 0.909. The van der Waals surface area contributed by atoms with E-state index in [9.17, 15) is 9.59 Å². The molecule has 3 aliphatic heterocycles. The normalized spacial score (nSPS) is 24.3. The Hall–Kier alpha value is -1.14. The SMILES string of the molecule is CC(C)(C)OC(=O)C1CCN(C(=O)C2CCN(CC3CCNCC3)CC2)CC1. The third-order valence-electron chi connectivity index (χ3n) is 6.46. The Morgan fingerprint density at radius 2 is 1.46 bits per heavy atom. The Morgan fingerprint density at radius 1 is 0.893 bits per heavy atom. The van der Waals surface area contributed by atoms with Crippen molar-refractivity contribution in [3.05, 3.63) is 0 Å². The maximum atomic E-state index is 12.9. The lowest BCUT2D eigenvalue weighted by atomic mass is 9.91. The second-order valence-corrected chi connectivity index (χ2v) is 9.90. The average molecular weight is 394 g/mol. The van der Waals surface area contributed by atoms with Crippen LogP contribution in [0.4, 0.5) is 0 Å². The molecule has 3 saturated heterocycles. The smallest absolute Gasteiger partial charge is 0.309 e. The topological polar surface area (TPSA) is 61.9 Å². The van der Waals surface area contributed by atoms with Crippen molar-refractivity contribution in [2.75, 3.05) is 45.8 Å². The largest absolute Gasteiger partial charge is 0.460 e. The monoisotopic (exact) mass is 393 g/mol. The van der Waals surface area contributed by atoms with Gasteiger partial charge in [-0.05, 0) is 91.4 Å². The standard InChI is InChI=1S/C22H39N3O3/c1-22(2,3)28-21(27)19-8-14-25(15-9-19)20(26)18-6-12-24(13-7-18)16-17-4-10-23-11-5-17/h17-19,23H,4-16H2,1-3H3. The number of esters is 1. The summed E-state index contributed by atoms with van der Waals surface area (Å²) in [4.78, 5) is 29.8. The molecular weight excluding hydrogens is 354 g/mol. The van der Waals surface area contributed by atoms with E-state index in [1.165, 1.54) is 19.4 Å². The third-order valence-corrected chi connectivity index (χ3v) is 6.46. The number of ether oxygens (including phenoxy) is 1. The van der Waals surface area contributed by atoms with Crippen molar-refractivity contribution in [1.82, 2.24) is 15.1 Å². The van der Waals surface area contributed by atoms with Gasteiger partial charge in [-0.15, -0.1) is 0 Å². The van der Waals surface area contributed by atoms with Crippen LogP contribution >= 0.6 is 0 Å². The second-order valence-electron chi connectivity index (χ2n) is 9.90. The summed E-state index contributed by atoms with van der Waals surface area (Å²) in [6.07, 6.45) is 5.99. The molecule has 3 heterocycles. The molecule has 3 fully saturated rings. The molecule has 0 radical (unpaired) electrons. The van der Waals surface area contributed by atoms with Gasteiger partial charge < -0.3 is 19.9 Å². The Bertz CT molecular complexity index is 524. The lowest BCUT2D eigenvalue weighted by molar-refractivity contribution is -0.162. The predicted octanol–water partition coefficient (Wildman–Crippen LogP) is 2.28. The number of nitrogens with zero attached hydrogens (tertiary/aromatic N) is 2. The molecule has 28 heavy (non-hydrogen) atoms. The van der Waals surface area contributed by atoms with Gasteiger partial charge >= 0.3 is 5.97 Å². The number of hydrogen-bond acceptors (Lipinski definition) is 5. The highest BCUT2D eigenvalue weighted by Gasteiger charge is 2.34. The summed E-state index contributed by atoms with van der Waals surface area (Å²) < 4.78 is 5.51. The van der Waals surface area contributed by atoms with Crippen LogP contribution in [0, 0.1) is 17.8 Å². The zero-order valence-corrected chi connectivity index (χ0v) is 18.0. The van der Waals surface area contributed by atoms with Gasteiger partial charge in [0.2, 0.25) is 5.91 Å². The molecule has 0 unspecified atom stereocenters. The molecule has 0 saturated carbocycles. The predicted molar refractivity (Wildman–Crippen MR) is 110 cm³/mol. The van der Waals surface area contributed by atoms with Gasteiger partial charge in [-0.1, -0.05) is 0 Å². The van der Waals surface area contributed by atoms with Crippen molar-refractivity contribution in [3.8, 4) is 0 Å². The fourth-order valence-electron chi connectivity index (χ4n) is 4.77. The summed E-state index contributed by atoms with van der Waals surface area (Å²) in [6, 6.07) is 0. The highest BCUT2D eigenvalue weighted by molar-refractivity contribution is 5.79. The van der Waals surface area contributed by atoms with Gasteiger partial charge in [0.1, 0.15) is 5.60 Å². The quantitative estimate of drug-likeness (QED) is 0.743. The first kappa shape index (κ1) is 21.6. The lowest BCUT2D eigenvalue weighted by Gasteiger charge is -2.38. The summed E-state index contributed by atoms with van der Waals surface area (Å²) in [5.74, 6) is 1.13. The van der Waals surface area contributed by atoms with Gasteiger partial charge in [0.25, 0.3) is 0 Å². The van der Waals surface area contributed by atoms with E-state index in [1.54, 1.807) is 0 Å². The van der Waals surface area contributed by atoms with Crippen LogP contribution in [0.1, 0.15) is 59.3 Å². The molecule has 1 N–H and O–H groups in total. The van der Waals surface area contributed by atoms with Crippen molar-refractivity contribution in [3.63, 3.8) is 0 Å². The van der Waals surface area contributed by atoms with Crippen LogP contribution in [0.3, 0.4) is 0 Å². The van der Waals surface area contributed by atoms with Gasteiger partial charge in [0.15, 0.2) is 0 Å². The van der Waals surface area contributed by atoms with E-state index in [0.29, 0.717) is 19.0 Å². The third kappa shape index (κ3) is 6.18. The van der Waals surface area contributed by atoms with E-state index >= 15 is 0 Å². The first-order valence-corrected chi connectivity index (χ1v) is 11.3. The Labute approximate surface area is 170 Å². The molecule has 0 aliphatic carbocycles. The number of carbonyl (C=O) groups excluding carboxylic acids is 2. The van der Waals surface area contributed by atoms with E-state index in [2.05, 4.69) is 10.2 Å². The van der Waals surface area contributed by atoms with Gasteiger partial charge in [0.05, 0.1) is 5.92 Å². The summed E-state index contributed by atoms with van der Waals surface area (Å²) in [5.41, 5.74) is -0.438. The molecule has 0 bridgehead atoms. The van der Waals surface area contributed by atoms with Crippen molar-refractivity contribution in [1.29, 1.82) is 0 Å². The average Bonchev–Trinajstić information content (AvgIpc) is 2.68. The van der Waals surface area contributed by atoms with Crippen LogP contribution < -0.4 is 5.32 Å². The van der Waals surface area contributed by atoms with Crippen LogP contribution in [-0.2, 0) is 14.3 Å². The highest BCUT2D eigenvalue weighted by atomic mass is 16.6. The first-order valence-electron chi connectivity index (χ1n) is 11.3. The van der Waals surface area contributed by atoms with Crippen LogP contribution in [-0.4, -0.2) is 73.1 Å². The molecule has 160 valence electrons. The molecule has 0 atom stereocenters. The highest BCUT2D eigenvalue weighted by Crippen LogP contribution is 2.26. The molecule has 0 aromatic heterocycles. The van der Waals surface area contributed by atoms with Gasteiger partial charge in [-0.25, -0.2) is 0 Å². The minimum Gasteiger partial charge on any atom is -0.460 e. The fourth-order valence-corrected chi connectivity index (χ4v) is 4.77. The van der Waals surface area contributed by atoms with Crippen molar-refractivity contribution < 1.29 is 14.3 Å². The van der Waals surface area contributed by atoms with E-state index in [-0.39, 0.29) is 17.8 Å². The minimum atomic E-state index is -0.438. The Balaban J connectivity index is 1.38. The molecule has 1 amide bonds. The zero-order valence-electron chi connectivity index (χ0n) is 18.0. The van der Waals surface area contributed by atoms with E-state index in [0.717, 1.165) is 57.8 Å². The molecule has 6 nitrogen and oxygen atoms in total. The number of piperidine rings is 3. The van der Waals surface area contributed by atoms with Crippen LogP contribution in [0.25, 0.3) is 0 Å². The molecule has 0 spiro atoms. The minimum absolute atomic E-state index is 0.0601. The number of nitrogens with one attached hydrogen (secondary N) is 1. The number of hydrogen-bond donors (Lipinski definition) is 1. The van der Waals surface area contributed by atoms with Crippen LogP contribution in [0.15, 0.2) is 0 Å². The van der Waals surface area contributed by atoms with Crippen molar-refractivity contribution in [2.24, 2.45) is 17.8 Å². The van der Waals surface area contributed by atoms with Crippen molar-refractivity contribution in [2.45, 2.75) is 64.9 Å². The Morgan fingerprint density at radius 3 is 2.04 bits per heavy atom.